The molecule has 0 fully saturated rings. The van der Waals surface area contributed by atoms with Crippen molar-refractivity contribution >= 4 is 17.3 Å². The van der Waals surface area contributed by atoms with Crippen LogP contribution >= 0.6 is 11.6 Å². The summed E-state index contributed by atoms with van der Waals surface area (Å²) in [6.07, 6.45) is 0. The number of methoxy groups -OCH3 is 2. The predicted molar refractivity (Wildman–Crippen MR) is 63.3 cm³/mol. The fourth-order valence-corrected chi connectivity index (χ4v) is 1.48. The number of halogens is 1. The van der Waals surface area contributed by atoms with Crippen LogP contribution in [0.1, 0.15) is 6.92 Å². The van der Waals surface area contributed by atoms with Gasteiger partial charge in [-0.1, -0.05) is 11.6 Å². The lowest BCUT2D eigenvalue weighted by Gasteiger charge is -2.14. The van der Waals surface area contributed by atoms with E-state index in [0.29, 0.717) is 22.2 Å². The summed E-state index contributed by atoms with van der Waals surface area (Å²) in [5.41, 5.74) is 0.669. The molecule has 0 amide bonds. The standard InChI is InChI=1S/C11H13ClN2O2/c1-7(6-13)14-9-4-8(12)10(15-2)5-11(9)16-3/h4-5,7,14H,1-3H3. The first-order valence-electron chi connectivity index (χ1n) is 4.70. The van der Waals surface area contributed by atoms with Crippen molar-refractivity contribution in [2.24, 2.45) is 0 Å². The Kier molecular flexibility index (Phi) is 4.27. The Labute approximate surface area is 99.7 Å². The maximum absolute atomic E-state index is 8.72. The SMILES string of the molecule is COc1cc(OC)c(NC(C)C#N)cc1Cl. The van der Waals surface area contributed by atoms with Crippen molar-refractivity contribution in [1.29, 1.82) is 5.26 Å². The monoisotopic (exact) mass is 240 g/mol. The van der Waals surface area contributed by atoms with Gasteiger partial charge in [0, 0.05) is 6.07 Å². The molecule has 0 radical (unpaired) electrons. The molecule has 4 nitrogen and oxygen atoms in total. The second-order valence-corrected chi connectivity index (χ2v) is 3.59. The molecule has 0 aliphatic rings. The van der Waals surface area contributed by atoms with Crippen LogP contribution in [0.4, 0.5) is 5.69 Å². The molecule has 1 unspecified atom stereocenters. The van der Waals surface area contributed by atoms with Crippen LogP contribution in [-0.2, 0) is 0 Å². The zero-order valence-corrected chi connectivity index (χ0v) is 10.1. The summed E-state index contributed by atoms with van der Waals surface area (Å²) in [6.45, 7) is 1.75. The van der Waals surface area contributed by atoms with Gasteiger partial charge in [-0.05, 0) is 13.0 Å². The van der Waals surface area contributed by atoms with Crippen LogP contribution in [0.2, 0.25) is 5.02 Å². The van der Waals surface area contributed by atoms with Gasteiger partial charge in [0.1, 0.15) is 17.5 Å². The summed E-state index contributed by atoms with van der Waals surface area (Å²) >= 11 is 5.98. The van der Waals surface area contributed by atoms with E-state index in [2.05, 4.69) is 11.4 Å². The highest BCUT2D eigenvalue weighted by Gasteiger charge is 2.11. The first-order valence-corrected chi connectivity index (χ1v) is 5.07. The molecule has 16 heavy (non-hydrogen) atoms. The highest BCUT2D eigenvalue weighted by molar-refractivity contribution is 6.32. The Hall–Kier alpha value is -1.60. The molecule has 1 aromatic carbocycles. The Morgan fingerprint density at radius 1 is 1.31 bits per heavy atom. The third kappa shape index (κ3) is 2.71. The highest BCUT2D eigenvalue weighted by Crippen LogP contribution is 2.36. The maximum Gasteiger partial charge on any atom is 0.145 e. The summed E-state index contributed by atoms with van der Waals surface area (Å²) in [7, 11) is 3.08. The number of rotatable bonds is 4. The van der Waals surface area contributed by atoms with Crippen LogP contribution in [-0.4, -0.2) is 20.3 Å². The molecule has 0 saturated heterocycles. The molecule has 0 aliphatic heterocycles. The van der Waals surface area contributed by atoms with Gasteiger partial charge in [-0.3, -0.25) is 0 Å². The molecule has 1 rings (SSSR count). The summed E-state index contributed by atoms with van der Waals surface area (Å²) in [5, 5.41) is 12.2. The molecular weight excluding hydrogens is 228 g/mol. The van der Waals surface area contributed by atoms with Crippen LogP contribution in [0.5, 0.6) is 11.5 Å². The van der Waals surface area contributed by atoms with Crippen molar-refractivity contribution in [1.82, 2.24) is 0 Å². The summed E-state index contributed by atoms with van der Waals surface area (Å²) in [5.74, 6) is 1.12. The summed E-state index contributed by atoms with van der Waals surface area (Å²) in [6, 6.07) is 5.10. The van der Waals surface area contributed by atoms with Crippen LogP contribution in [0.3, 0.4) is 0 Å². The lowest BCUT2D eigenvalue weighted by atomic mass is 10.2. The van der Waals surface area contributed by atoms with E-state index in [1.165, 1.54) is 7.11 Å². The minimum absolute atomic E-state index is 0.321. The third-order valence-corrected chi connectivity index (χ3v) is 2.33. The van der Waals surface area contributed by atoms with E-state index in [1.54, 1.807) is 26.2 Å². The molecule has 1 aromatic rings. The maximum atomic E-state index is 8.72. The molecule has 0 bridgehead atoms. The third-order valence-electron chi connectivity index (χ3n) is 2.04. The molecule has 5 heteroatoms. The van der Waals surface area contributed by atoms with Crippen molar-refractivity contribution in [2.45, 2.75) is 13.0 Å². The lowest BCUT2D eigenvalue weighted by molar-refractivity contribution is 0.395. The number of nitrogens with one attached hydrogen (secondary N) is 1. The van der Waals surface area contributed by atoms with Crippen LogP contribution in [0.25, 0.3) is 0 Å². The second kappa shape index (κ2) is 5.47. The molecule has 1 N–H and O–H groups in total. The molecule has 1 atom stereocenters. The summed E-state index contributed by atoms with van der Waals surface area (Å²) < 4.78 is 10.2. The van der Waals surface area contributed by atoms with E-state index in [1.807, 2.05) is 0 Å². The van der Waals surface area contributed by atoms with Gasteiger partial charge in [0.2, 0.25) is 0 Å². The van der Waals surface area contributed by atoms with Crippen molar-refractivity contribution in [3.05, 3.63) is 17.2 Å². The zero-order valence-electron chi connectivity index (χ0n) is 9.37. The number of benzene rings is 1. The largest absolute Gasteiger partial charge is 0.495 e. The van der Waals surface area contributed by atoms with E-state index in [9.17, 15) is 0 Å². The van der Waals surface area contributed by atoms with Crippen LogP contribution in [0.15, 0.2) is 12.1 Å². The van der Waals surface area contributed by atoms with Crippen molar-refractivity contribution < 1.29 is 9.47 Å². The predicted octanol–water partition coefficient (Wildman–Crippen LogP) is 2.68. The number of nitriles is 1. The first kappa shape index (κ1) is 12.5. The topological polar surface area (TPSA) is 54.3 Å². The molecule has 86 valence electrons. The Morgan fingerprint density at radius 3 is 2.44 bits per heavy atom. The van der Waals surface area contributed by atoms with E-state index < -0.39 is 0 Å². The fraction of sp³-hybridized carbons (Fsp3) is 0.364. The van der Waals surface area contributed by atoms with Crippen LogP contribution < -0.4 is 14.8 Å². The Morgan fingerprint density at radius 2 is 1.94 bits per heavy atom. The fourth-order valence-electron chi connectivity index (χ4n) is 1.24. The van der Waals surface area contributed by atoms with Gasteiger partial charge < -0.3 is 14.8 Å². The number of hydrogen-bond acceptors (Lipinski definition) is 4. The van der Waals surface area contributed by atoms with Gasteiger partial charge in [-0.2, -0.15) is 5.26 Å². The highest BCUT2D eigenvalue weighted by atomic mass is 35.5. The quantitative estimate of drug-likeness (QED) is 0.879. The van der Waals surface area contributed by atoms with Gasteiger partial charge in [-0.25, -0.2) is 0 Å². The number of nitrogens with zero attached hydrogens (tertiary/aromatic N) is 1. The Bertz CT molecular complexity index is 415. The first-order chi connectivity index (χ1) is 7.62. The van der Waals surface area contributed by atoms with E-state index in [4.69, 9.17) is 26.3 Å². The van der Waals surface area contributed by atoms with E-state index in [-0.39, 0.29) is 6.04 Å². The number of anilines is 1. The Balaban J connectivity index is 3.09. The van der Waals surface area contributed by atoms with Crippen LogP contribution in [0, 0.1) is 11.3 Å². The number of ether oxygens (including phenoxy) is 2. The van der Waals surface area contributed by atoms with Crippen molar-refractivity contribution in [3.8, 4) is 17.6 Å². The molecule has 0 saturated carbocycles. The molecule has 0 heterocycles. The van der Waals surface area contributed by atoms with E-state index >= 15 is 0 Å². The number of hydrogen-bond donors (Lipinski definition) is 1. The van der Waals surface area contributed by atoms with Gasteiger partial charge in [0.25, 0.3) is 0 Å². The average Bonchev–Trinajstić information content (AvgIpc) is 2.29. The molecule has 0 spiro atoms. The summed E-state index contributed by atoms with van der Waals surface area (Å²) in [4.78, 5) is 0. The molecule has 0 aromatic heterocycles. The minimum Gasteiger partial charge on any atom is -0.495 e. The average molecular weight is 241 g/mol. The molecule has 0 aliphatic carbocycles. The lowest BCUT2D eigenvalue weighted by Crippen LogP contribution is -2.12. The van der Waals surface area contributed by atoms with Gasteiger partial charge in [0.05, 0.1) is 31.0 Å². The van der Waals surface area contributed by atoms with Gasteiger partial charge >= 0.3 is 0 Å². The van der Waals surface area contributed by atoms with Crippen molar-refractivity contribution in [2.75, 3.05) is 19.5 Å². The zero-order chi connectivity index (χ0) is 12.1. The van der Waals surface area contributed by atoms with Gasteiger partial charge in [0.15, 0.2) is 0 Å². The molecular formula is C11H13ClN2O2. The van der Waals surface area contributed by atoms with E-state index in [0.717, 1.165) is 0 Å². The second-order valence-electron chi connectivity index (χ2n) is 3.18. The smallest absolute Gasteiger partial charge is 0.145 e. The van der Waals surface area contributed by atoms with Gasteiger partial charge in [-0.15, -0.1) is 0 Å². The normalized spacial score (nSPS) is 11.4. The van der Waals surface area contributed by atoms with Crippen molar-refractivity contribution in [3.63, 3.8) is 0 Å². The minimum atomic E-state index is -0.321.